The average molecular weight is 397 g/mol. The molecule has 2 aromatic heterocycles. The number of aromatic nitrogens is 2. The molecular weight excluding hydrogens is 378 g/mol. The van der Waals surface area contributed by atoms with Gasteiger partial charge in [-0.05, 0) is 42.0 Å². The van der Waals surface area contributed by atoms with Gasteiger partial charge >= 0.3 is 5.97 Å². The van der Waals surface area contributed by atoms with Crippen molar-refractivity contribution in [2.45, 2.75) is 25.8 Å². The first-order chi connectivity index (χ1) is 13.6. The summed E-state index contributed by atoms with van der Waals surface area (Å²) in [6.45, 7) is 0.853. The van der Waals surface area contributed by atoms with E-state index in [1.165, 1.54) is 29.3 Å². The van der Waals surface area contributed by atoms with Gasteiger partial charge in [0.15, 0.2) is 0 Å². The quantitative estimate of drug-likeness (QED) is 0.632. The van der Waals surface area contributed by atoms with Crippen molar-refractivity contribution in [3.05, 3.63) is 57.5 Å². The lowest BCUT2D eigenvalue weighted by atomic mass is 9.96. The van der Waals surface area contributed by atoms with E-state index in [1.807, 2.05) is 11.4 Å². The maximum Gasteiger partial charge on any atom is 0.338 e. The number of esters is 1. The highest BCUT2D eigenvalue weighted by molar-refractivity contribution is 7.16. The Bertz CT molecular complexity index is 1120. The molecule has 1 aliphatic rings. The standard InChI is InChI=1S/C20H19N3O4S/c1-27-20(26)14-4-2-6-16-13(14)5-3-9-23(16)17(24)7-10-22-12-21-18-15(19(22)25)8-11-28-18/h2,4,6,8,11-12H,3,5,7,9-10H2,1H3. The lowest BCUT2D eigenvalue weighted by molar-refractivity contribution is -0.118. The van der Waals surface area contributed by atoms with Crippen LogP contribution in [0.5, 0.6) is 0 Å². The van der Waals surface area contributed by atoms with Gasteiger partial charge in [-0.1, -0.05) is 6.07 Å². The molecule has 0 saturated heterocycles. The van der Waals surface area contributed by atoms with Crippen LogP contribution in [0.4, 0.5) is 5.69 Å². The summed E-state index contributed by atoms with van der Waals surface area (Å²) < 4.78 is 6.33. The van der Waals surface area contributed by atoms with E-state index in [0.717, 1.165) is 24.1 Å². The molecule has 8 heteroatoms. The van der Waals surface area contributed by atoms with Gasteiger partial charge in [-0.15, -0.1) is 11.3 Å². The lowest BCUT2D eigenvalue weighted by Gasteiger charge is -2.30. The zero-order valence-electron chi connectivity index (χ0n) is 15.4. The predicted octanol–water partition coefficient (Wildman–Crippen LogP) is 2.61. The fourth-order valence-electron chi connectivity index (χ4n) is 3.59. The topological polar surface area (TPSA) is 81.5 Å². The van der Waals surface area contributed by atoms with Crippen molar-refractivity contribution in [1.82, 2.24) is 9.55 Å². The zero-order valence-corrected chi connectivity index (χ0v) is 16.2. The molecule has 1 amide bonds. The molecule has 0 spiro atoms. The molecular formula is C20H19N3O4S. The molecule has 28 heavy (non-hydrogen) atoms. The maximum atomic E-state index is 12.9. The fraction of sp³-hybridized carbons (Fsp3) is 0.300. The van der Waals surface area contributed by atoms with Crippen molar-refractivity contribution in [2.75, 3.05) is 18.6 Å². The second kappa shape index (κ2) is 7.55. The van der Waals surface area contributed by atoms with E-state index in [2.05, 4.69) is 4.98 Å². The summed E-state index contributed by atoms with van der Waals surface area (Å²) in [6, 6.07) is 7.09. The number of nitrogens with zero attached hydrogens (tertiary/aromatic N) is 3. The van der Waals surface area contributed by atoms with E-state index in [9.17, 15) is 14.4 Å². The minimum Gasteiger partial charge on any atom is -0.465 e. The number of thiophene rings is 1. The number of fused-ring (bicyclic) bond motifs is 2. The summed E-state index contributed by atoms with van der Waals surface area (Å²) in [7, 11) is 1.35. The summed E-state index contributed by atoms with van der Waals surface area (Å²) in [6.07, 6.45) is 3.17. The monoisotopic (exact) mass is 397 g/mol. The van der Waals surface area contributed by atoms with Gasteiger partial charge in [0.25, 0.3) is 5.56 Å². The number of methoxy groups -OCH3 is 1. The Kier molecular flexibility index (Phi) is 4.95. The smallest absolute Gasteiger partial charge is 0.338 e. The number of amides is 1. The van der Waals surface area contributed by atoms with Crippen molar-refractivity contribution in [3.63, 3.8) is 0 Å². The highest BCUT2D eigenvalue weighted by atomic mass is 32.1. The third-order valence-corrected chi connectivity index (χ3v) is 5.79. The Labute approximate surface area is 165 Å². The molecule has 4 rings (SSSR count). The largest absolute Gasteiger partial charge is 0.465 e. The molecule has 1 aliphatic heterocycles. The van der Waals surface area contributed by atoms with Crippen LogP contribution in [-0.2, 0) is 22.5 Å². The van der Waals surface area contributed by atoms with E-state index >= 15 is 0 Å². The van der Waals surface area contributed by atoms with Crippen molar-refractivity contribution in [2.24, 2.45) is 0 Å². The molecule has 0 radical (unpaired) electrons. The molecule has 3 heterocycles. The minimum atomic E-state index is -0.396. The van der Waals surface area contributed by atoms with Gasteiger partial charge in [0.2, 0.25) is 5.91 Å². The van der Waals surface area contributed by atoms with Crippen LogP contribution in [0.1, 0.15) is 28.8 Å². The zero-order chi connectivity index (χ0) is 19.7. The highest BCUT2D eigenvalue weighted by Gasteiger charge is 2.26. The molecule has 7 nitrogen and oxygen atoms in total. The molecule has 0 unspecified atom stereocenters. The number of benzene rings is 1. The Morgan fingerprint density at radius 3 is 2.96 bits per heavy atom. The van der Waals surface area contributed by atoms with Crippen LogP contribution >= 0.6 is 11.3 Å². The van der Waals surface area contributed by atoms with Crippen molar-refractivity contribution >= 4 is 39.1 Å². The molecule has 0 bridgehead atoms. The van der Waals surface area contributed by atoms with Crippen LogP contribution in [0.3, 0.4) is 0 Å². The number of rotatable bonds is 4. The van der Waals surface area contributed by atoms with Crippen LogP contribution in [-0.4, -0.2) is 35.1 Å². The SMILES string of the molecule is COC(=O)c1cccc2c1CCCN2C(=O)CCn1cnc2sccc2c1=O. The number of hydrogen-bond acceptors (Lipinski definition) is 6. The first-order valence-corrected chi connectivity index (χ1v) is 9.91. The minimum absolute atomic E-state index is 0.0831. The molecule has 0 N–H and O–H groups in total. The number of anilines is 1. The van der Waals surface area contributed by atoms with E-state index in [4.69, 9.17) is 4.74 Å². The summed E-state index contributed by atoms with van der Waals surface area (Å²) in [4.78, 5) is 44.1. The number of aryl methyl sites for hydroxylation is 1. The lowest BCUT2D eigenvalue weighted by Crippen LogP contribution is -2.37. The van der Waals surface area contributed by atoms with Crippen LogP contribution in [0.15, 0.2) is 40.8 Å². The second-order valence-electron chi connectivity index (χ2n) is 6.58. The Balaban J connectivity index is 1.56. The predicted molar refractivity (Wildman–Crippen MR) is 107 cm³/mol. The van der Waals surface area contributed by atoms with Gasteiger partial charge in [0.1, 0.15) is 4.83 Å². The average Bonchev–Trinajstić information content (AvgIpc) is 3.21. The van der Waals surface area contributed by atoms with Gasteiger partial charge in [-0.2, -0.15) is 0 Å². The number of hydrogen-bond donors (Lipinski definition) is 0. The molecule has 0 aliphatic carbocycles. The van der Waals surface area contributed by atoms with Gasteiger partial charge < -0.3 is 9.64 Å². The number of ether oxygens (including phenoxy) is 1. The van der Waals surface area contributed by atoms with Crippen molar-refractivity contribution in [1.29, 1.82) is 0 Å². The van der Waals surface area contributed by atoms with Crippen LogP contribution < -0.4 is 10.5 Å². The Hall–Kier alpha value is -3.00. The molecule has 1 aromatic carbocycles. The Morgan fingerprint density at radius 2 is 2.14 bits per heavy atom. The van der Waals surface area contributed by atoms with Crippen molar-refractivity contribution < 1.29 is 14.3 Å². The van der Waals surface area contributed by atoms with Gasteiger partial charge in [-0.25, -0.2) is 9.78 Å². The fourth-order valence-corrected chi connectivity index (χ4v) is 4.31. The number of carbonyl (C=O) groups excluding carboxylic acids is 2. The van der Waals surface area contributed by atoms with Gasteiger partial charge in [0, 0.05) is 25.2 Å². The normalized spacial score (nSPS) is 13.4. The van der Waals surface area contributed by atoms with E-state index < -0.39 is 5.97 Å². The van der Waals surface area contributed by atoms with Gasteiger partial charge in [0.05, 0.1) is 24.4 Å². The Morgan fingerprint density at radius 1 is 1.29 bits per heavy atom. The van der Waals surface area contributed by atoms with Crippen molar-refractivity contribution in [3.8, 4) is 0 Å². The first-order valence-electron chi connectivity index (χ1n) is 9.03. The summed E-state index contributed by atoms with van der Waals surface area (Å²) in [5.74, 6) is -0.479. The summed E-state index contributed by atoms with van der Waals surface area (Å²) in [5, 5.41) is 2.41. The third-order valence-electron chi connectivity index (χ3n) is 4.97. The molecule has 0 saturated carbocycles. The first kappa shape index (κ1) is 18.4. The van der Waals surface area contributed by atoms with E-state index in [0.29, 0.717) is 22.3 Å². The molecule has 3 aromatic rings. The molecule has 0 atom stereocenters. The van der Waals surface area contributed by atoms with E-state index in [-0.39, 0.29) is 24.4 Å². The van der Waals surface area contributed by atoms with E-state index in [1.54, 1.807) is 23.1 Å². The molecule has 144 valence electrons. The highest BCUT2D eigenvalue weighted by Crippen LogP contribution is 2.30. The van der Waals surface area contributed by atoms with Crippen LogP contribution in [0, 0.1) is 0 Å². The third kappa shape index (κ3) is 3.20. The maximum absolute atomic E-state index is 12.9. The van der Waals surface area contributed by atoms with Gasteiger partial charge in [-0.3, -0.25) is 14.2 Å². The summed E-state index contributed by atoms with van der Waals surface area (Å²) in [5.41, 5.74) is 1.96. The second-order valence-corrected chi connectivity index (χ2v) is 7.47. The number of carbonyl (C=O) groups is 2. The molecule has 0 fully saturated rings. The van der Waals surface area contributed by atoms with Crippen LogP contribution in [0.25, 0.3) is 10.2 Å². The summed E-state index contributed by atoms with van der Waals surface area (Å²) >= 11 is 1.42. The van der Waals surface area contributed by atoms with Crippen LogP contribution in [0.2, 0.25) is 0 Å².